The molecule has 0 saturated carbocycles. The van der Waals surface area contributed by atoms with Gasteiger partial charge in [-0.1, -0.05) is 24.3 Å². The molecule has 4 rings (SSSR count). The van der Waals surface area contributed by atoms with Gasteiger partial charge in [0.05, 0.1) is 26.9 Å². The number of hydrogen-bond acceptors (Lipinski definition) is 7. The van der Waals surface area contributed by atoms with Crippen LogP contribution >= 0.6 is 0 Å². The van der Waals surface area contributed by atoms with Gasteiger partial charge >= 0.3 is 0 Å². The molecule has 1 fully saturated rings. The van der Waals surface area contributed by atoms with E-state index in [4.69, 9.17) is 13.9 Å². The molecular formula is C26H31FN4O4. The van der Waals surface area contributed by atoms with E-state index in [1.54, 1.807) is 19.2 Å². The first-order valence-corrected chi connectivity index (χ1v) is 11.7. The number of halogens is 1. The van der Waals surface area contributed by atoms with Gasteiger partial charge in [-0.3, -0.25) is 14.6 Å². The van der Waals surface area contributed by atoms with E-state index in [-0.39, 0.29) is 24.0 Å². The summed E-state index contributed by atoms with van der Waals surface area (Å²) in [5.41, 5.74) is 2.14. The lowest BCUT2D eigenvalue weighted by atomic mass is 10.2. The first-order valence-electron chi connectivity index (χ1n) is 11.7. The molecule has 0 aliphatic carbocycles. The number of rotatable bonds is 11. The standard InChI is InChI=1S/C26H31FN4O4/c1-33-23-4-2-3-21(15-23)17-31(10-9-30-11-13-34-14-12-30)18-25-29-24(19-35-25)26(32)28-16-20-5-7-22(27)8-6-20/h2-8,15,19H,9-14,16-18H2,1H3,(H,28,32). The zero-order valence-electron chi connectivity index (χ0n) is 19.9. The summed E-state index contributed by atoms with van der Waals surface area (Å²) in [6.07, 6.45) is 1.38. The van der Waals surface area contributed by atoms with Crippen LogP contribution in [0.1, 0.15) is 27.5 Å². The van der Waals surface area contributed by atoms with Crippen molar-refractivity contribution >= 4 is 5.91 Å². The number of aromatic nitrogens is 1. The van der Waals surface area contributed by atoms with Crippen LogP contribution in [0.15, 0.2) is 59.2 Å². The van der Waals surface area contributed by atoms with E-state index in [1.807, 2.05) is 18.2 Å². The van der Waals surface area contributed by atoms with E-state index < -0.39 is 0 Å². The Morgan fingerprint density at radius 1 is 1.14 bits per heavy atom. The highest BCUT2D eigenvalue weighted by Crippen LogP contribution is 2.16. The Labute approximate surface area is 204 Å². The number of hydrogen-bond donors (Lipinski definition) is 1. The van der Waals surface area contributed by atoms with Crippen molar-refractivity contribution in [2.24, 2.45) is 0 Å². The van der Waals surface area contributed by atoms with E-state index in [0.29, 0.717) is 19.0 Å². The van der Waals surface area contributed by atoms with Crippen molar-refractivity contribution in [1.82, 2.24) is 20.1 Å². The number of nitrogens with zero attached hydrogens (tertiary/aromatic N) is 3. The highest BCUT2D eigenvalue weighted by molar-refractivity contribution is 5.91. The molecule has 35 heavy (non-hydrogen) atoms. The zero-order valence-corrected chi connectivity index (χ0v) is 19.9. The molecule has 1 aliphatic rings. The highest BCUT2D eigenvalue weighted by atomic mass is 19.1. The second-order valence-electron chi connectivity index (χ2n) is 8.45. The highest BCUT2D eigenvalue weighted by Gasteiger charge is 2.17. The number of carbonyl (C=O) groups is 1. The Bertz CT molecular complexity index is 1080. The topological polar surface area (TPSA) is 80.1 Å². The fraction of sp³-hybridized carbons (Fsp3) is 0.385. The molecule has 0 spiro atoms. The summed E-state index contributed by atoms with van der Waals surface area (Å²) in [6, 6.07) is 14.0. The lowest BCUT2D eigenvalue weighted by Crippen LogP contribution is -2.41. The van der Waals surface area contributed by atoms with Crippen molar-refractivity contribution in [3.8, 4) is 5.75 Å². The minimum atomic E-state index is -0.336. The third-order valence-electron chi connectivity index (χ3n) is 5.89. The summed E-state index contributed by atoms with van der Waals surface area (Å²) in [4.78, 5) is 21.6. The van der Waals surface area contributed by atoms with Crippen molar-refractivity contribution in [3.63, 3.8) is 0 Å². The van der Waals surface area contributed by atoms with Gasteiger partial charge in [0.15, 0.2) is 5.69 Å². The molecule has 2 aromatic carbocycles. The Balaban J connectivity index is 1.37. The van der Waals surface area contributed by atoms with Crippen molar-refractivity contribution in [1.29, 1.82) is 0 Å². The van der Waals surface area contributed by atoms with Gasteiger partial charge in [0.2, 0.25) is 5.89 Å². The van der Waals surface area contributed by atoms with Crippen LogP contribution in [0.3, 0.4) is 0 Å². The average Bonchev–Trinajstić information content (AvgIpc) is 3.36. The molecule has 0 bridgehead atoms. The maximum atomic E-state index is 13.1. The number of morpholine rings is 1. The van der Waals surface area contributed by atoms with Crippen LogP contribution in [0.2, 0.25) is 0 Å². The second kappa shape index (κ2) is 12.4. The maximum absolute atomic E-state index is 13.1. The zero-order chi connectivity index (χ0) is 24.5. The Kier molecular flexibility index (Phi) is 8.83. The summed E-state index contributed by atoms with van der Waals surface area (Å²) >= 11 is 0. The second-order valence-corrected chi connectivity index (χ2v) is 8.45. The van der Waals surface area contributed by atoms with Crippen LogP contribution < -0.4 is 10.1 Å². The monoisotopic (exact) mass is 482 g/mol. The van der Waals surface area contributed by atoms with Crippen molar-refractivity contribution in [2.45, 2.75) is 19.6 Å². The fourth-order valence-electron chi connectivity index (χ4n) is 3.90. The number of amides is 1. The molecule has 1 saturated heterocycles. The minimum absolute atomic E-state index is 0.219. The van der Waals surface area contributed by atoms with Crippen LogP contribution in [0.5, 0.6) is 5.75 Å². The quantitative estimate of drug-likeness (QED) is 0.450. The number of oxazole rings is 1. The van der Waals surface area contributed by atoms with Gasteiger partial charge in [0.1, 0.15) is 17.8 Å². The van der Waals surface area contributed by atoms with Crippen LogP contribution in [0.25, 0.3) is 0 Å². The normalized spacial score (nSPS) is 14.3. The van der Waals surface area contributed by atoms with E-state index in [2.05, 4.69) is 26.2 Å². The predicted octanol–water partition coefficient (Wildman–Crippen LogP) is 3.09. The number of ether oxygens (including phenoxy) is 2. The minimum Gasteiger partial charge on any atom is -0.497 e. The number of methoxy groups -OCH3 is 1. The molecule has 0 radical (unpaired) electrons. The average molecular weight is 483 g/mol. The van der Waals surface area contributed by atoms with Gasteiger partial charge in [-0.25, -0.2) is 9.37 Å². The lowest BCUT2D eigenvalue weighted by molar-refractivity contribution is 0.0320. The third-order valence-corrected chi connectivity index (χ3v) is 5.89. The van der Waals surface area contributed by atoms with Crippen LogP contribution in [-0.4, -0.2) is 67.2 Å². The Hall–Kier alpha value is -3.27. The molecule has 8 nitrogen and oxygen atoms in total. The molecule has 2 heterocycles. The molecule has 1 aliphatic heterocycles. The molecular weight excluding hydrogens is 451 g/mol. The number of benzene rings is 2. The SMILES string of the molecule is COc1cccc(CN(CCN2CCOCC2)Cc2nc(C(=O)NCc3ccc(F)cc3)co2)c1. The Morgan fingerprint density at radius 2 is 1.94 bits per heavy atom. The first kappa shape index (κ1) is 24.8. The molecule has 1 amide bonds. The van der Waals surface area contributed by atoms with Gasteiger partial charge < -0.3 is 19.2 Å². The predicted molar refractivity (Wildman–Crippen MR) is 128 cm³/mol. The lowest BCUT2D eigenvalue weighted by Gasteiger charge is -2.29. The van der Waals surface area contributed by atoms with Gasteiger partial charge in [0, 0.05) is 39.3 Å². The van der Waals surface area contributed by atoms with Crippen LogP contribution in [0.4, 0.5) is 4.39 Å². The summed E-state index contributed by atoms with van der Waals surface area (Å²) in [6.45, 7) is 6.50. The van der Waals surface area contributed by atoms with E-state index in [9.17, 15) is 9.18 Å². The largest absolute Gasteiger partial charge is 0.497 e. The van der Waals surface area contributed by atoms with Gasteiger partial charge in [-0.05, 0) is 35.4 Å². The van der Waals surface area contributed by atoms with Crippen LogP contribution in [-0.2, 0) is 24.4 Å². The smallest absolute Gasteiger partial charge is 0.273 e. The number of carbonyl (C=O) groups excluding carboxylic acids is 1. The van der Waals surface area contributed by atoms with Crippen molar-refractivity contribution in [3.05, 3.63) is 83.3 Å². The third kappa shape index (κ3) is 7.61. The van der Waals surface area contributed by atoms with Crippen LogP contribution in [0, 0.1) is 5.82 Å². The molecule has 0 atom stereocenters. The van der Waals surface area contributed by atoms with E-state index in [0.717, 1.165) is 56.3 Å². The first-order chi connectivity index (χ1) is 17.1. The number of nitrogens with one attached hydrogen (secondary N) is 1. The van der Waals surface area contributed by atoms with E-state index in [1.165, 1.54) is 18.4 Å². The molecule has 0 unspecified atom stereocenters. The van der Waals surface area contributed by atoms with Gasteiger partial charge in [-0.15, -0.1) is 0 Å². The summed E-state index contributed by atoms with van der Waals surface area (Å²) in [5, 5.41) is 2.79. The Morgan fingerprint density at radius 3 is 2.71 bits per heavy atom. The van der Waals surface area contributed by atoms with Gasteiger partial charge in [-0.2, -0.15) is 0 Å². The molecule has 1 N–H and O–H groups in total. The summed E-state index contributed by atoms with van der Waals surface area (Å²) in [5.74, 6) is 0.638. The van der Waals surface area contributed by atoms with Gasteiger partial charge in [0.25, 0.3) is 5.91 Å². The summed E-state index contributed by atoms with van der Waals surface area (Å²) in [7, 11) is 1.66. The molecule has 3 aromatic rings. The van der Waals surface area contributed by atoms with Crippen molar-refractivity contribution < 1.29 is 23.1 Å². The summed E-state index contributed by atoms with van der Waals surface area (Å²) < 4.78 is 29.5. The molecule has 186 valence electrons. The molecule has 9 heteroatoms. The maximum Gasteiger partial charge on any atom is 0.273 e. The fourth-order valence-corrected chi connectivity index (χ4v) is 3.90. The van der Waals surface area contributed by atoms with E-state index >= 15 is 0 Å². The van der Waals surface area contributed by atoms with Crippen molar-refractivity contribution in [2.75, 3.05) is 46.5 Å². The molecule has 1 aromatic heterocycles.